The molecule has 160 valence electrons. The maximum atomic E-state index is 11.7. The first kappa shape index (κ1) is 26.1. The number of ketones is 1. The Morgan fingerprint density at radius 1 is 0.519 bits per heavy atom. The van der Waals surface area contributed by atoms with Crippen molar-refractivity contribution in [3.8, 4) is 0 Å². The average molecular weight is 382 g/mol. The van der Waals surface area contributed by atoms with E-state index in [1.54, 1.807) is 0 Å². The van der Waals surface area contributed by atoms with E-state index >= 15 is 0 Å². The number of amides is 1. The van der Waals surface area contributed by atoms with E-state index < -0.39 is 0 Å². The van der Waals surface area contributed by atoms with Crippen molar-refractivity contribution in [2.75, 3.05) is 6.54 Å². The second-order valence-corrected chi connectivity index (χ2v) is 8.09. The van der Waals surface area contributed by atoms with Gasteiger partial charge in [0.05, 0.1) is 0 Å². The summed E-state index contributed by atoms with van der Waals surface area (Å²) in [6.07, 6.45) is 22.7. The molecule has 0 atom stereocenters. The van der Waals surface area contributed by atoms with Crippen molar-refractivity contribution in [2.24, 2.45) is 0 Å². The molecule has 0 aliphatic heterocycles. The van der Waals surface area contributed by atoms with Crippen molar-refractivity contribution < 1.29 is 9.59 Å². The summed E-state index contributed by atoms with van der Waals surface area (Å²) >= 11 is 0. The van der Waals surface area contributed by atoms with Gasteiger partial charge in [-0.25, -0.2) is 0 Å². The Kier molecular flexibility index (Phi) is 20.8. The van der Waals surface area contributed by atoms with Crippen LogP contribution in [-0.2, 0) is 9.59 Å². The first-order valence-electron chi connectivity index (χ1n) is 12.0. The summed E-state index contributed by atoms with van der Waals surface area (Å²) in [5, 5.41) is 2.86. The predicted octanol–water partition coefficient (Wildman–Crippen LogP) is 7.12. The fourth-order valence-electron chi connectivity index (χ4n) is 3.49. The van der Waals surface area contributed by atoms with Gasteiger partial charge in [-0.15, -0.1) is 0 Å². The molecule has 0 radical (unpaired) electrons. The Bertz CT molecular complexity index is 341. The minimum atomic E-state index is 0.106. The molecule has 1 amide bonds. The van der Waals surface area contributed by atoms with E-state index in [9.17, 15) is 9.59 Å². The summed E-state index contributed by atoms with van der Waals surface area (Å²) in [6.45, 7) is 4.79. The molecular weight excluding hydrogens is 334 g/mol. The highest BCUT2D eigenvalue weighted by molar-refractivity contribution is 5.80. The van der Waals surface area contributed by atoms with Crippen molar-refractivity contribution in [3.63, 3.8) is 0 Å². The van der Waals surface area contributed by atoms with Crippen LogP contribution in [0.3, 0.4) is 0 Å². The molecule has 0 aliphatic carbocycles. The van der Waals surface area contributed by atoms with Gasteiger partial charge in [-0.05, 0) is 12.8 Å². The fourth-order valence-corrected chi connectivity index (χ4v) is 3.49. The van der Waals surface area contributed by atoms with Gasteiger partial charge in [-0.2, -0.15) is 0 Å². The minimum absolute atomic E-state index is 0.106. The van der Waals surface area contributed by atoms with Crippen molar-refractivity contribution >= 4 is 11.7 Å². The van der Waals surface area contributed by atoms with Crippen LogP contribution in [0, 0.1) is 0 Å². The van der Waals surface area contributed by atoms with Crippen LogP contribution in [0.5, 0.6) is 0 Å². The van der Waals surface area contributed by atoms with Crippen molar-refractivity contribution in [1.82, 2.24) is 5.32 Å². The van der Waals surface area contributed by atoms with Crippen molar-refractivity contribution in [2.45, 2.75) is 136 Å². The van der Waals surface area contributed by atoms with Gasteiger partial charge < -0.3 is 5.32 Å². The van der Waals surface area contributed by atoms with Gasteiger partial charge in [0, 0.05) is 25.8 Å². The Labute approximate surface area is 169 Å². The molecule has 0 bridgehead atoms. The molecule has 0 saturated carbocycles. The van der Waals surface area contributed by atoms with Crippen LogP contribution < -0.4 is 5.32 Å². The highest BCUT2D eigenvalue weighted by atomic mass is 16.1. The molecule has 0 aromatic rings. The van der Waals surface area contributed by atoms with Crippen LogP contribution in [0.15, 0.2) is 0 Å². The molecule has 0 aromatic carbocycles. The third-order valence-corrected chi connectivity index (χ3v) is 5.26. The zero-order valence-electron chi connectivity index (χ0n) is 18.5. The molecule has 0 unspecified atom stereocenters. The van der Waals surface area contributed by atoms with E-state index in [-0.39, 0.29) is 11.7 Å². The number of nitrogens with one attached hydrogen (secondary N) is 1. The Hall–Kier alpha value is -0.860. The van der Waals surface area contributed by atoms with Crippen LogP contribution in [0.25, 0.3) is 0 Å². The fraction of sp³-hybridized carbons (Fsp3) is 0.917. The number of rotatable bonds is 21. The third-order valence-electron chi connectivity index (χ3n) is 5.26. The largest absolute Gasteiger partial charge is 0.356 e. The maximum absolute atomic E-state index is 11.7. The van der Waals surface area contributed by atoms with E-state index in [0.29, 0.717) is 25.8 Å². The molecule has 0 rings (SSSR count). The van der Waals surface area contributed by atoms with Gasteiger partial charge in [0.2, 0.25) is 5.91 Å². The van der Waals surface area contributed by atoms with Gasteiger partial charge in [-0.1, -0.05) is 104 Å². The summed E-state index contributed by atoms with van der Waals surface area (Å²) in [5.74, 6) is 0.360. The topological polar surface area (TPSA) is 46.2 Å². The van der Waals surface area contributed by atoms with Crippen LogP contribution in [0.4, 0.5) is 0 Å². The average Bonchev–Trinajstić information content (AvgIpc) is 2.65. The minimum Gasteiger partial charge on any atom is -0.356 e. The summed E-state index contributed by atoms with van der Waals surface area (Å²) in [7, 11) is 0. The lowest BCUT2D eigenvalue weighted by Gasteiger charge is -2.05. The normalized spacial score (nSPS) is 10.9. The molecule has 0 heterocycles. The standard InChI is InChI=1S/C24H47NO2/c1-3-5-6-7-8-9-10-11-12-13-14-15-16-17-18-20-24(27)25-22-21-23(26)19-4-2/h3-22H2,1-2H3,(H,25,27). The Balaban J connectivity index is 3.18. The van der Waals surface area contributed by atoms with Gasteiger partial charge >= 0.3 is 0 Å². The second kappa shape index (κ2) is 21.4. The molecule has 1 N–H and O–H groups in total. The Morgan fingerprint density at radius 3 is 1.41 bits per heavy atom. The van der Waals surface area contributed by atoms with Gasteiger partial charge in [0.25, 0.3) is 0 Å². The van der Waals surface area contributed by atoms with Crippen molar-refractivity contribution in [3.05, 3.63) is 0 Å². The van der Waals surface area contributed by atoms with E-state index in [2.05, 4.69) is 12.2 Å². The number of unbranched alkanes of at least 4 members (excludes halogenated alkanes) is 14. The molecule has 3 heteroatoms. The number of hydrogen-bond donors (Lipinski definition) is 1. The monoisotopic (exact) mass is 381 g/mol. The van der Waals surface area contributed by atoms with Gasteiger partial charge in [0.15, 0.2) is 0 Å². The van der Waals surface area contributed by atoms with Gasteiger partial charge in [-0.3, -0.25) is 9.59 Å². The first-order valence-corrected chi connectivity index (χ1v) is 12.0. The first-order chi connectivity index (χ1) is 13.2. The quantitative estimate of drug-likeness (QED) is 0.215. The molecule has 0 fully saturated rings. The SMILES string of the molecule is CCCCCCCCCCCCCCCCCC(=O)NCCC(=O)CCC. The second-order valence-electron chi connectivity index (χ2n) is 8.09. The summed E-state index contributed by atoms with van der Waals surface area (Å²) in [5.41, 5.74) is 0. The molecule has 3 nitrogen and oxygen atoms in total. The highest BCUT2D eigenvalue weighted by Gasteiger charge is 2.03. The maximum Gasteiger partial charge on any atom is 0.220 e. The van der Waals surface area contributed by atoms with Crippen LogP contribution in [0.2, 0.25) is 0 Å². The zero-order chi connectivity index (χ0) is 20.0. The molecule has 27 heavy (non-hydrogen) atoms. The number of carbonyl (C=O) groups is 2. The summed E-state index contributed by atoms with van der Waals surface area (Å²) in [4.78, 5) is 23.1. The molecule has 0 spiro atoms. The van der Waals surface area contributed by atoms with Crippen molar-refractivity contribution in [1.29, 1.82) is 0 Å². The van der Waals surface area contributed by atoms with Gasteiger partial charge in [0.1, 0.15) is 5.78 Å². The third kappa shape index (κ3) is 21.3. The van der Waals surface area contributed by atoms with Crippen LogP contribution in [0.1, 0.15) is 136 Å². The number of hydrogen-bond acceptors (Lipinski definition) is 2. The zero-order valence-corrected chi connectivity index (χ0v) is 18.5. The lowest BCUT2D eigenvalue weighted by molar-refractivity contribution is -0.121. The molecule has 0 aliphatic rings. The van der Waals surface area contributed by atoms with E-state index in [1.165, 1.54) is 83.5 Å². The molecule has 0 aromatic heterocycles. The Morgan fingerprint density at radius 2 is 0.963 bits per heavy atom. The van der Waals surface area contributed by atoms with E-state index in [0.717, 1.165) is 19.3 Å². The predicted molar refractivity (Wildman–Crippen MR) is 117 cm³/mol. The highest BCUT2D eigenvalue weighted by Crippen LogP contribution is 2.13. The van der Waals surface area contributed by atoms with E-state index in [1.807, 2.05) is 6.92 Å². The molecular formula is C24H47NO2. The van der Waals surface area contributed by atoms with E-state index in [4.69, 9.17) is 0 Å². The number of Topliss-reactive ketones (excluding diaryl/α,β-unsaturated/α-hetero) is 1. The molecule has 0 saturated heterocycles. The lowest BCUT2D eigenvalue weighted by Crippen LogP contribution is -2.25. The number of carbonyl (C=O) groups excluding carboxylic acids is 2. The lowest BCUT2D eigenvalue weighted by atomic mass is 10.0. The van der Waals surface area contributed by atoms with Crippen LogP contribution >= 0.6 is 0 Å². The van der Waals surface area contributed by atoms with Crippen LogP contribution in [-0.4, -0.2) is 18.2 Å². The summed E-state index contributed by atoms with van der Waals surface area (Å²) in [6, 6.07) is 0. The summed E-state index contributed by atoms with van der Waals surface area (Å²) < 4.78 is 0. The smallest absolute Gasteiger partial charge is 0.220 e.